The van der Waals surface area contributed by atoms with E-state index in [4.69, 9.17) is 5.26 Å². The lowest BCUT2D eigenvalue weighted by molar-refractivity contribution is 0.519. The molecule has 16 heavy (non-hydrogen) atoms. The summed E-state index contributed by atoms with van der Waals surface area (Å²) in [7, 11) is -0.930. The molecule has 4 heteroatoms. The molecule has 2 rings (SSSR count). The third kappa shape index (κ3) is 2.49. The van der Waals surface area contributed by atoms with E-state index >= 15 is 0 Å². The molecule has 1 saturated heterocycles. The van der Waals surface area contributed by atoms with Crippen molar-refractivity contribution in [3.05, 3.63) is 29.8 Å². The molecule has 0 spiro atoms. The van der Waals surface area contributed by atoms with Crippen LogP contribution in [0.1, 0.15) is 18.4 Å². The van der Waals surface area contributed by atoms with Gasteiger partial charge in [0, 0.05) is 10.1 Å². The number of nitriles is 1. The molecule has 1 atom stereocenters. The minimum atomic E-state index is -0.930. The van der Waals surface area contributed by atoms with Gasteiger partial charge in [-0.1, -0.05) is 0 Å². The first-order valence-corrected chi connectivity index (χ1v) is 6.64. The third-order valence-corrected chi connectivity index (χ3v) is 4.62. The van der Waals surface area contributed by atoms with Crippen LogP contribution in [0.4, 0.5) is 0 Å². The number of hydrogen-bond acceptors (Lipinski definition) is 3. The molecule has 1 fully saturated rings. The highest BCUT2D eigenvalue weighted by atomic mass is 32.2. The van der Waals surface area contributed by atoms with Crippen molar-refractivity contribution >= 4 is 10.8 Å². The number of rotatable bonds is 2. The van der Waals surface area contributed by atoms with Gasteiger partial charge in [0.1, 0.15) is 0 Å². The molecule has 0 unspecified atom stereocenters. The number of nitrogens with zero attached hydrogens (tertiary/aromatic N) is 1. The van der Waals surface area contributed by atoms with Crippen molar-refractivity contribution in [2.24, 2.45) is 0 Å². The van der Waals surface area contributed by atoms with Gasteiger partial charge in [0.15, 0.2) is 0 Å². The van der Waals surface area contributed by atoms with E-state index in [-0.39, 0.29) is 5.25 Å². The van der Waals surface area contributed by atoms with Crippen LogP contribution in [0.3, 0.4) is 0 Å². The van der Waals surface area contributed by atoms with E-state index in [9.17, 15) is 4.21 Å². The van der Waals surface area contributed by atoms with Crippen molar-refractivity contribution in [3.63, 3.8) is 0 Å². The fourth-order valence-electron chi connectivity index (χ4n) is 1.87. The van der Waals surface area contributed by atoms with Gasteiger partial charge in [0.25, 0.3) is 0 Å². The maximum Gasteiger partial charge on any atom is 0.0991 e. The molecule has 84 valence electrons. The second-order valence-corrected chi connectivity index (χ2v) is 5.62. The van der Waals surface area contributed by atoms with Gasteiger partial charge in [-0.2, -0.15) is 5.26 Å². The van der Waals surface area contributed by atoms with Gasteiger partial charge in [0.05, 0.1) is 22.4 Å². The van der Waals surface area contributed by atoms with Crippen molar-refractivity contribution < 1.29 is 4.21 Å². The summed E-state index contributed by atoms with van der Waals surface area (Å²) >= 11 is 0. The highest BCUT2D eigenvalue weighted by Gasteiger charge is 2.20. The topological polar surface area (TPSA) is 52.9 Å². The molecule has 0 radical (unpaired) electrons. The van der Waals surface area contributed by atoms with Crippen LogP contribution in [0, 0.1) is 11.3 Å². The van der Waals surface area contributed by atoms with Crippen LogP contribution in [0.2, 0.25) is 0 Å². The first-order valence-electron chi connectivity index (χ1n) is 5.43. The van der Waals surface area contributed by atoms with Gasteiger partial charge in [-0.3, -0.25) is 4.21 Å². The maximum atomic E-state index is 12.2. The average Bonchev–Trinajstić information content (AvgIpc) is 2.39. The van der Waals surface area contributed by atoms with Gasteiger partial charge in [-0.25, -0.2) is 0 Å². The highest BCUT2D eigenvalue weighted by Crippen LogP contribution is 2.18. The molecular weight excluding hydrogens is 220 g/mol. The van der Waals surface area contributed by atoms with Gasteiger partial charge in [0.2, 0.25) is 0 Å². The quantitative estimate of drug-likeness (QED) is 0.842. The number of nitrogens with one attached hydrogen (secondary N) is 1. The molecule has 1 heterocycles. The molecule has 0 bridgehead atoms. The van der Waals surface area contributed by atoms with Crippen LogP contribution >= 0.6 is 0 Å². The fourth-order valence-corrected chi connectivity index (χ4v) is 3.32. The van der Waals surface area contributed by atoms with Crippen LogP contribution in [0.25, 0.3) is 0 Å². The minimum Gasteiger partial charge on any atom is -0.317 e. The third-order valence-electron chi connectivity index (χ3n) is 2.80. The molecular formula is C12H14N2OS. The molecule has 0 aliphatic carbocycles. The summed E-state index contributed by atoms with van der Waals surface area (Å²) in [4.78, 5) is 0.839. The van der Waals surface area contributed by atoms with Crippen LogP contribution in [0.5, 0.6) is 0 Å². The van der Waals surface area contributed by atoms with Gasteiger partial charge >= 0.3 is 0 Å². The molecule has 1 aliphatic rings. The van der Waals surface area contributed by atoms with Gasteiger partial charge in [-0.15, -0.1) is 0 Å². The lowest BCUT2D eigenvalue weighted by atomic mass is 10.2. The van der Waals surface area contributed by atoms with Crippen molar-refractivity contribution in [1.82, 2.24) is 5.32 Å². The predicted molar refractivity (Wildman–Crippen MR) is 63.5 cm³/mol. The maximum absolute atomic E-state index is 12.2. The smallest absolute Gasteiger partial charge is 0.0991 e. The molecule has 1 aliphatic heterocycles. The normalized spacial score (nSPS) is 18.9. The Morgan fingerprint density at radius 1 is 1.25 bits per heavy atom. The van der Waals surface area contributed by atoms with Gasteiger partial charge in [-0.05, 0) is 50.2 Å². The standard InChI is InChI=1S/C12H14N2OS/c13-9-10-1-3-11(4-2-10)16(15)12-5-7-14-8-6-12/h1-4,12,14H,5-8H2/t16-/m0/s1. The van der Waals surface area contributed by atoms with E-state index < -0.39 is 10.8 Å². The summed E-state index contributed by atoms with van der Waals surface area (Å²) in [5.74, 6) is 0. The Balaban J connectivity index is 2.11. The van der Waals surface area contributed by atoms with E-state index in [1.54, 1.807) is 24.3 Å². The Bertz CT molecular complexity index is 416. The van der Waals surface area contributed by atoms with Crippen LogP contribution in [-0.4, -0.2) is 22.5 Å². The summed E-state index contributed by atoms with van der Waals surface area (Å²) < 4.78 is 12.2. The highest BCUT2D eigenvalue weighted by molar-refractivity contribution is 7.85. The molecule has 0 saturated carbocycles. The van der Waals surface area contributed by atoms with Crippen LogP contribution in [0.15, 0.2) is 29.2 Å². The second-order valence-electron chi connectivity index (χ2n) is 3.88. The summed E-state index contributed by atoms with van der Waals surface area (Å²) in [6, 6.07) is 9.13. The Labute approximate surface area is 97.9 Å². The Kier molecular flexibility index (Phi) is 3.70. The molecule has 1 aromatic rings. The minimum absolute atomic E-state index is 0.259. The first kappa shape index (κ1) is 11.3. The summed E-state index contributed by atoms with van der Waals surface area (Å²) in [6.45, 7) is 1.90. The lowest BCUT2D eigenvalue weighted by Crippen LogP contribution is -2.33. The van der Waals surface area contributed by atoms with E-state index in [2.05, 4.69) is 11.4 Å². The SMILES string of the molecule is N#Cc1ccc([S@](=O)C2CCNCC2)cc1. The number of piperidine rings is 1. The zero-order valence-corrected chi connectivity index (χ0v) is 9.80. The van der Waals surface area contributed by atoms with Gasteiger partial charge < -0.3 is 5.32 Å². The predicted octanol–water partition coefficient (Wildman–Crippen LogP) is 1.42. The summed E-state index contributed by atoms with van der Waals surface area (Å²) in [6.07, 6.45) is 1.93. The molecule has 3 nitrogen and oxygen atoms in total. The molecule has 0 amide bonds. The largest absolute Gasteiger partial charge is 0.317 e. The number of hydrogen-bond donors (Lipinski definition) is 1. The van der Waals surface area contributed by atoms with Crippen molar-refractivity contribution in [2.45, 2.75) is 23.0 Å². The second kappa shape index (κ2) is 5.24. The monoisotopic (exact) mass is 234 g/mol. The number of benzene rings is 1. The lowest BCUT2D eigenvalue weighted by Gasteiger charge is -2.21. The van der Waals surface area contributed by atoms with Crippen LogP contribution in [-0.2, 0) is 10.8 Å². The van der Waals surface area contributed by atoms with Crippen molar-refractivity contribution in [2.75, 3.05) is 13.1 Å². The van der Waals surface area contributed by atoms with Crippen molar-refractivity contribution in [3.8, 4) is 6.07 Å². The summed E-state index contributed by atoms with van der Waals surface area (Å²) in [5, 5.41) is 12.2. The average molecular weight is 234 g/mol. The van der Waals surface area contributed by atoms with E-state index in [0.29, 0.717) is 5.56 Å². The van der Waals surface area contributed by atoms with E-state index in [0.717, 1.165) is 30.8 Å². The Hall–Kier alpha value is -1.18. The Morgan fingerprint density at radius 3 is 2.44 bits per heavy atom. The molecule has 0 aromatic heterocycles. The zero-order valence-electron chi connectivity index (χ0n) is 8.98. The van der Waals surface area contributed by atoms with Crippen molar-refractivity contribution in [1.29, 1.82) is 5.26 Å². The molecule has 1 N–H and O–H groups in total. The fraction of sp³-hybridized carbons (Fsp3) is 0.417. The van der Waals surface area contributed by atoms with Crippen LogP contribution < -0.4 is 5.32 Å². The summed E-state index contributed by atoms with van der Waals surface area (Å²) in [5.41, 5.74) is 0.617. The zero-order chi connectivity index (χ0) is 11.4. The van der Waals surface area contributed by atoms with E-state index in [1.807, 2.05) is 0 Å². The Morgan fingerprint density at radius 2 is 1.88 bits per heavy atom. The molecule has 1 aromatic carbocycles. The van der Waals surface area contributed by atoms with E-state index in [1.165, 1.54) is 0 Å². The first-order chi connectivity index (χ1) is 7.81.